The molecule has 1 amide bonds. The third-order valence-corrected chi connectivity index (χ3v) is 3.29. The lowest BCUT2D eigenvalue weighted by Gasteiger charge is -2.16. The van der Waals surface area contributed by atoms with Gasteiger partial charge in [0.1, 0.15) is 5.75 Å². The van der Waals surface area contributed by atoms with Gasteiger partial charge in [-0.3, -0.25) is 10.1 Å². The van der Waals surface area contributed by atoms with Crippen LogP contribution in [-0.2, 0) is 0 Å². The van der Waals surface area contributed by atoms with Crippen LogP contribution in [0.25, 0.3) is 11.5 Å². The fraction of sp³-hybridized carbons (Fsp3) is 0.118. The Labute approximate surface area is 149 Å². The molecule has 6 nitrogen and oxygen atoms in total. The molecule has 0 aliphatic carbocycles. The second-order valence-electron chi connectivity index (χ2n) is 5.22. The molecule has 2 aromatic carbocycles. The van der Waals surface area contributed by atoms with E-state index in [9.17, 15) is 22.4 Å². The van der Waals surface area contributed by atoms with Gasteiger partial charge in [0.2, 0.25) is 5.89 Å². The summed E-state index contributed by atoms with van der Waals surface area (Å²) in [6, 6.07) is 12.9. The van der Waals surface area contributed by atoms with Crippen LogP contribution in [0, 0.1) is 0 Å². The van der Waals surface area contributed by atoms with Crippen molar-refractivity contribution < 1.29 is 31.5 Å². The minimum absolute atomic E-state index is 0.0437. The first-order valence-electron chi connectivity index (χ1n) is 7.50. The van der Waals surface area contributed by atoms with Gasteiger partial charge in [0.05, 0.1) is 0 Å². The van der Waals surface area contributed by atoms with Crippen LogP contribution in [0.3, 0.4) is 0 Å². The van der Waals surface area contributed by atoms with E-state index in [1.54, 1.807) is 24.3 Å². The van der Waals surface area contributed by atoms with Gasteiger partial charge in [-0.2, -0.15) is 17.6 Å². The average Bonchev–Trinajstić information content (AvgIpc) is 3.11. The molecule has 0 aliphatic rings. The SMILES string of the molecule is O=C(Nc1nnc(-c2ccccc2)o1)c1ccc(OC(F)(F)C(F)F)cc1. The highest BCUT2D eigenvalue weighted by Crippen LogP contribution is 2.27. The van der Waals surface area contributed by atoms with E-state index >= 15 is 0 Å². The fourth-order valence-corrected chi connectivity index (χ4v) is 2.02. The smallest absolute Gasteiger partial charge is 0.428 e. The Morgan fingerprint density at radius 1 is 1.04 bits per heavy atom. The number of hydrogen-bond donors (Lipinski definition) is 1. The minimum atomic E-state index is -4.62. The van der Waals surface area contributed by atoms with Crippen molar-refractivity contribution in [2.75, 3.05) is 5.32 Å². The minimum Gasteiger partial charge on any atom is -0.428 e. The molecule has 140 valence electrons. The Bertz CT molecular complexity index is 915. The lowest BCUT2D eigenvalue weighted by atomic mass is 10.2. The zero-order valence-electron chi connectivity index (χ0n) is 13.4. The number of carbonyl (C=O) groups is 1. The molecule has 0 bridgehead atoms. The maximum Gasteiger partial charge on any atom is 0.461 e. The number of rotatable bonds is 6. The molecule has 0 unspecified atom stereocenters. The molecule has 0 saturated carbocycles. The quantitative estimate of drug-likeness (QED) is 0.647. The number of halogens is 4. The first kappa shape index (κ1) is 18.4. The first-order chi connectivity index (χ1) is 12.8. The van der Waals surface area contributed by atoms with E-state index in [0.29, 0.717) is 5.56 Å². The summed E-state index contributed by atoms with van der Waals surface area (Å²) in [5.41, 5.74) is 0.703. The van der Waals surface area contributed by atoms with Crippen LogP contribution in [-0.4, -0.2) is 28.6 Å². The Kier molecular flexibility index (Phi) is 5.06. The summed E-state index contributed by atoms with van der Waals surface area (Å²) in [4.78, 5) is 12.1. The first-order valence-corrected chi connectivity index (χ1v) is 7.50. The summed E-state index contributed by atoms with van der Waals surface area (Å²) in [6.45, 7) is 0. The molecular formula is C17H11F4N3O3. The Morgan fingerprint density at radius 2 is 1.70 bits per heavy atom. The van der Waals surface area contributed by atoms with Crippen molar-refractivity contribution in [2.24, 2.45) is 0 Å². The van der Waals surface area contributed by atoms with E-state index in [4.69, 9.17) is 4.42 Å². The zero-order valence-corrected chi connectivity index (χ0v) is 13.4. The second-order valence-corrected chi connectivity index (χ2v) is 5.22. The molecule has 0 fully saturated rings. The molecule has 1 aromatic heterocycles. The average molecular weight is 381 g/mol. The summed E-state index contributed by atoms with van der Waals surface area (Å²) >= 11 is 0. The van der Waals surface area contributed by atoms with Crippen LogP contribution in [0.2, 0.25) is 0 Å². The highest BCUT2D eigenvalue weighted by atomic mass is 19.3. The lowest BCUT2D eigenvalue weighted by Crippen LogP contribution is -2.33. The van der Waals surface area contributed by atoms with Crippen molar-refractivity contribution in [1.29, 1.82) is 0 Å². The van der Waals surface area contributed by atoms with Crippen LogP contribution in [0.1, 0.15) is 10.4 Å². The number of nitrogens with one attached hydrogen (secondary N) is 1. The van der Waals surface area contributed by atoms with Gasteiger partial charge >= 0.3 is 18.5 Å². The molecule has 0 aliphatic heterocycles. The van der Waals surface area contributed by atoms with Crippen molar-refractivity contribution in [1.82, 2.24) is 10.2 Å². The summed E-state index contributed by atoms with van der Waals surface area (Å²) in [5, 5.41) is 9.83. The number of amides is 1. The van der Waals surface area contributed by atoms with Gasteiger partial charge in [-0.15, -0.1) is 5.10 Å². The number of aromatic nitrogens is 2. The maximum atomic E-state index is 12.8. The van der Waals surface area contributed by atoms with Gasteiger partial charge < -0.3 is 9.15 Å². The summed E-state index contributed by atoms with van der Waals surface area (Å²) in [5.74, 6) is -0.977. The van der Waals surface area contributed by atoms with Crippen LogP contribution < -0.4 is 10.1 Å². The van der Waals surface area contributed by atoms with Gasteiger partial charge in [0.15, 0.2) is 0 Å². The van der Waals surface area contributed by atoms with E-state index in [-0.39, 0.29) is 17.5 Å². The van der Waals surface area contributed by atoms with E-state index in [0.717, 1.165) is 24.3 Å². The molecule has 1 N–H and O–H groups in total. The van der Waals surface area contributed by atoms with Gasteiger partial charge in [-0.05, 0) is 36.4 Å². The molecule has 27 heavy (non-hydrogen) atoms. The molecule has 0 atom stereocenters. The normalized spacial score (nSPS) is 11.4. The van der Waals surface area contributed by atoms with Crippen LogP contribution in [0.4, 0.5) is 23.6 Å². The monoisotopic (exact) mass is 381 g/mol. The number of ether oxygens (including phenoxy) is 1. The Hall–Kier alpha value is -3.43. The molecule has 3 rings (SSSR count). The van der Waals surface area contributed by atoms with Crippen molar-refractivity contribution >= 4 is 11.9 Å². The van der Waals surface area contributed by atoms with Crippen molar-refractivity contribution in [3.05, 3.63) is 60.2 Å². The Morgan fingerprint density at radius 3 is 2.33 bits per heavy atom. The zero-order chi connectivity index (χ0) is 19.4. The standard InChI is InChI=1S/C17H11F4N3O3/c18-15(19)17(20,21)27-12-8-6-10(7-9-12)13(25)22-16-24-23-14(26-16)11-4-2-1-3-5-11/h1-9,15H,(H,22,24,25). The summed E-state index contributed by atoms with van der Waals surface area (Å²) in [6.07, 6.45) is -8.60. The van der Waals surface area contributed by atoms with Crippen molar-refractivity contribution in [3.8, 4) is 17.2 Å². The molecule has 0 radical (unpaired) electrons. The van der Waals surface area contributed by atoms with Crippen LogP contribution in [0.15, 0.2) is 59.0 Å². The molecule has 0 saturated heterocycles. The molecule has 10 heteroatoms. The topological polar surface area (TPSA) is 77.3 Å². The van der Waals surface area contributed by atoms with Crippen LogP contribution >= 0.6 is 0 Å². The van der Waals surface area contributed by atoms with Gasteiger partial charge in [0, 0.05) is 11.1 Å². The number of carbonyl (C=O) groups excluding carboxylic acids is 1. The van der Waals surface area contributed by atoms with E-state index in [1.807, 2.05) is 6.07 Å². The number of hydrogen-bond acceptors (Lipinski definition) is 5. The molecule has 0 spiro atoms. The van der Waals surface area contributed by atoms with Crippen molar-refractivity contribution in [3.63, 3.8) is 0 Å². The van der Waals surface area contributed by atoms with E-state index < -0.39 is 24.2 Å². The summed E-state index contributed by atoms with van der Waals surface area (Å²) in [7, 11) is 0. The van der Waals surface area contributed by atoms with Crippen LogP contribution in [0.5, 0.6) is 5.75 Å². The predicted molar refractivity (Wildman–Crippen MR) is 85.7 cm³/mol. The maximum absolute atomic E-state index is 12.8. The molecule has 1 heterocycles. The Balaban J connectivity index is 1.66. The third-order valence-electron chi connectivity index (χ3n) is 3.29. The summed E-state index contributed by atoms with van der Waals surface area (Å²) < 4.78 is 59.1. The largest absolute Gasteiger partial charge is 0.461 e. The van der Waals surface area contributed by atoms with Crippen molar-refractivity contribution in [2.45, 2.75) is 12.5 Å². The number of anilines is 1. The highest BCUT2D eigenvalue weighted by Gasteiger charge is 2.43. The van der Waals surface area contributed by atoms with Gasteiger partial charge in [-0.25, -0.2) is 0 Å². The number of benzene rings is 2. The molecule has 3 aromatic rings. The molecular weight excluding hydrogens is 370 g/mol. The number of alkyl halides is 4. The van der Waals surface area contributed by atoms with E-state index in [2.05, 4.69) is 20.3 Å². The van der Waals surface area contributed by atoms with Gasteiger partial charge in [-0.1, -0.05) is 23.3 Å². The fourth-order valence-electron chi connectivity index (χ4n) is 2.02. The number of nitrogens with zero attached hydrogens (tertiary/aromatic N) is 2. The third kappa shape index (κ3) is 4.40. The second kappa shape index (κ2) is 7.44. The predicted octanol–water partition coefficient (Wildman–Crippen LogP) is 4.23. The lowest BCUT2D eigenvalue weighted by molar-refractivity contribution is -0.253. The van der Waals surface area contributed by atoms with Gasteiger partial charge in [0.25, 0.3) is 5.91 Å². The highest BCUT2D eigenvalue weighted by molar-refractivity contribution is 6.03. The van der Waals surface area contributed by atoms with E-state index in [1.165, 1.54) is 0 Å².